The fourth-order valence-corrected chi connectivity index (χ4v) is 9.81. The van der Waals surface area contributed by atoms with Crippen LogP contribution in [0.3, 0.4) is 0 Å². The number of allylic oxidation sites excluding steroid dienone is 11. The van der Waals surface area contributed by atoms with Gasteiger partial charge in [0.15, 0.2) is 0 Å². The van der Waals surface area contributed by atoms with Crippen LogP contribution in [0.15, 0.2) is 72.9 Å². The Balaban J connectivity index is 4.15. The van der Waals surface area contributed by atoms with Gasteiger partial charge in [-0.2, -0.15) is 0 Å². The molecule has 0 rings (SSSR count). The summed E-state index contributed by atoms with van der Waals surface area (Å²) < 4.78 is 23.7. The topological polar surface area (TPSA) is 105 Å². The molecule has 8 nitrogen and oxygen atoms in total. The van der Waals surface area contributed by atoms with E-state index < -0.39 is 20.0 Å². The molecule has 3 atom stereocenters. The van der Waals surface area contributed by atoms with Crippen molar-refractivity contribution in [2.75, 3.05) is 40.9 Å². The highest BCUT2D eigenvalue weighted by atomic mass is 31.2. The zero-order valence-electron chi connectivity index (χ0n) is 49.3. The molecule has 0 radical (unpaired) electrons. The maximum absolute atomic E-state index is 13.0. The van der Waals surface area contributed by atoms with E-state index in [0.29, 0.717) is 17.4 Å². The van der Waals surface area contributed by atoms with Crippen molar-refractivity contribution in [2.45, 2.75) is 296 Å². The Labute approximate surface area is 459 Å². The minimum atomic E-state index is -4.36. The number of quaternary nitrogens is 1. The number of aliphatic hydroxyl groups excluding tert-OH is 1. The van der Waals surface area contributed by atoms with Crippen molar-refractivity contribution in [3.05, 3.63) is 72.9 Å². The molecule has 0 saturated carbocycles. The fraction of sp³-hybridized carbons (Fsp3) is 0.800. The maximum atomic E-state index is 13.0. The highest BCUT2D eigenvalue weighted by molar-refractivity contribution is 7.47. The van der Waals surface area contributed by atoms with Crippen LogP contribution < -0.4 is 5.32 Å². The van der Waals surface area contributed by atoms with Gasteiger partial charge in [0.05, 0.1) is 39.9 Å². The summed E-state index contributed by atoms with van der Waals surface area (Å²) in [5.41, 5.74) is 0. The molecule has 0 saturated heterocycles. The molecule has 9 heteroatoms. The van der Waals surface area contributed by atoms with Gasteiger partial charge in [-0.15, -0.1) is 0 Å². The van der Waals surface area contributed by atoms with Gasteiger partial charge in [0.1, 0.15) is 13.2 Å². The average Bonchev–Trinajstić information content (AvgIpc) is 3.36. The van der Waals surface area contributed by atoms with Crippen LogP contribution in [0.4, 0.5) is 0 Å². The van der Waals surface area contributed by atoms with Crippen LogP contribution in [0, 0.1) is 0 Å². The number of carbonyl (C=O) groups is 1. The van der Waals surface area contributed by atoms with Gasteiger partial charge in [0.2, 0.25) is 5.91 Å². The minimum absolute atomic E-state index is 0.0543. The second-order valence-electron chi connectivity index (χ2n) is 22.4. The molecule has 0 aromatic rings. The molecule has 3 unspecified atom stereocenters. The van der Waals surface area contributed by atoms with E-state index in [4.69, 9.17) is 9.05 Å². The second kappa shape index (κ2) is 55.7. The largest absolute Gasteiger partial charge is 0.472 e. The Hall–Kier alpha value is -2.06. The second-order valence-corrected chi connectivity index (χ2v) is 23.9. The monoisotopic (exact) mass is 1060 g/mol. The zero-order chi connectivity index (χ0) is 54.2. The van der Waals surface area contributed by atoms with Gasteiger partial charge >= 0.3 is 7.82 Å². The number of unbranched alkanes of at least 4 members (excludes halogenated alkanes) is 34. The van der Waals surface area contributed by atoms with E-state index >= 15 is 0 Å². The summed E-state index contributed by atoms with van der Waals surface area (Å²) in [4.78, 5) is 23.3. The fourth-order valence-electron chi connectivity index (χ4n) is 9.07. The summed E-state index contributed by atoms with van der Waals surface area (Å²) in [7, 11) is 1.56. The Morgan fingerprint density at radius 3 is 1.19 bits per heavy atom. The SMILES string of the molecule is CC/C=C\C/C=C\C/C=C\C/C=C\C/C=C\CCCCCCCC(=O)NC(COP(=O)(O)OCC[N+](C)(C)C)C(O)/C=C/CCCCCCCCCCCCCCCCCCCCCCCCCCCCCCC. The Morgan fingerprint density at radius 2 is 0.811 bits per heavy atom. The molecule has 1 amide bonds. The minimum Gasteiger partial charge on any atom is -0.387 e. The number of nitrogens with zero attached hydrogens (tertiary/aromatic N) is 1. The summed E-state index contributed by atoms with van der Waals surface area (Å²) in [5, 5.41) is 14.0. The average molecular weight is 1060 g/mol. The maximum Gasteiger partial charge on any atom is 0.472 e. The number of likely N-dealkylation sites (N-methyl/N-ethyl adjacent to an activating group) is 1. The van der Waals surface area contributed by atoms with Crippen LogP contribution in [-0.2, 0) is 18.4 Å². The smallest absolute Gasteiger partial charge is 0.387 e. The summed E-state index contributed by atoms with van der Waals surface area (Å²) in [6, 6.07) is -0.863. The van der Waals surface area contributed by atoms with Crippen molar-refractivity contribution in [1.29, 1.82) is 0 Å². The summed E-state index contributed by atoms with van der Waals surface area (Å²) >= 11 is 0. The summed E-state index contributed by atoms with van der Waals surface area (Å²) in [6.07, 6.45) is 77.4. The lowest BCUT2D eigenvalue weighted by atomic mass is 10.0. The highest BCUT2D eigenvalue weighted by Crippen LogP contribution is 2.43. The van der Waals surface area contributed by atoms with Crippen LogP contribution >= 0.6 is 7.82 Å². The molecule has 0 spiro atoms. The van der Waals surface area contributed by atoms with E-state index in [9.17, 15) is 19.4 Å². The van der Waals surface area contributed by atoms with Crippen molar-refractivity contribution in [3.63, 3.8) is 0 Å². The number of hydrogen-bond donors (Lipinski definition) is 3. The van der Waals surface area contributed by atoms with Crippen LogP contribution in [0.1, 0.15) is 284 Å². The molecule has 0 bridgehead atoms. The molecule has 432 valence electrons. The van der Waals surface area contributed by atoms with Crippen LogP contribution in [0.5, 0.6) is 0 Å². The molecule has 3 N–H and O–H groups in total. The van der Waals surface area contributed by atoms with Crippen molar-refractivity contribution >= 4 is 13.7 Å². The Bertz CT molecular complexity index is 1430. The van der Waals surface area contributed by atoms with E-state index in [1.165, 1.54) is 173 Å². The number of phosphoric ester groups is 1. The molecule has 0 aliphatic rings. The molecule has 0 aliphatic carbocycles. The third kappa shape index (κ3) is 57.6. The molecule has 0 aromatic carbocycles. The number of amides is 1. The first kappa shape index (κ1) is 71.9. The number of carbonyl (C=O) groups excluding carboxylic acids is 1. The molecule has 0 aliphatic heterocycles. The van der Waals surface area contributed by atoms with Gasteiger partial charge in [-0.05, 0) is 64.2 Å². The molecule has 0 fully saturated rings. The quantitative estimate of drug-likeness (QED) is 0.0243. The molecule has 74 heavy (non-hydrogen) atoms. The van der Waals surface area contributed by atoms with Gasteiger partial charge < -0.3 is 19.8 Å². The van der Waals surface area contributed by atoms with E-state index in [0.717, 1.165) is 89.9 Å². The third-order valence-electron chi connectivity index (χ3n) is 13.9. The van der Waals surface area contributed by atoms with Gasteiger partial charge in [0, 0.05) is 6.42 Å². The Morgan fingerprint density at radius 1 is 0.473 bits per heavy atom. The predicted octanol–water partition coefficient (Wildman–Crippen LogP) is 19.4. The lowest BCUT2D eigenvalue weighted by Crippen LogP contribution is -2.45. The van der Waals surface area contributed by atoms with Crippen molar-refractivity contribution < 1.29 is 32.9 Å². The van der Waals surface area contributed by atoms with E-state index in [2.05, 4.69) is 79.9 Å². The van der Waals surface area contributed by atoms with Crippen LogP contribution in [0.2, 0.25) is 0 Å². The van der Waals surface area contributed by atoms with Gasteiger partial charge in [-0.3, -0.25) is 13.8 Å². The van der Waals surface area contributed by atoms with E-state index in [-0.39, 0.29) is 19.1 Å². The Kier molecular flexibility index (Phi) is 54.1. The standard InChI is InChI=1S/C65H121N2O6P/c1-6-8-10-12-14-16-18-20-22-24-26-28-29-30-31-32-33-34-35-36-37-39-40-42-44-46-48-50-52-54-56-58-64(68)63(62-73-74(70,71)72-61-60-67(3,4)5)66-65(69)59-57-55-53-51-49-47-45-43-41-38-27-25-23-21-19-17-15-13-11-9-7-2/h9,11,15,17,21,23,27,38,43,45,56,58,63-64,68H,6-8,10,12-14,16,18-20,22,24-26,28-37,39-42,44,46-55,57,59-62H2,1-5H3,(H-,66,69,70,71)/p+1/b11-9-,17-15-,23-21-,38-27-,45-43-,58-56+. The molecule has 0 aromatic heterocycles. The molecular formula is C65H122N2O6P+. The lowest BCUT2D eigenvalue weighted by molar-refractivity contribution is -0.870. The molecular weight excluding hydrogens is 936 g/mol. The first-order chi connectivity index (χ1) is 36.0. The zero-order valence-corrected chi connectivity index (χ0v) is 50.2. The molecule has 0 heterocycles. The van der Waals surface area contributed by atoms with Gasteiger partial charge in [-0.25, -0.2) is 4.57 Å². The number of rotatable bonds is 57. The van der Waals surface area contributed by atoms with E-state index in [1.54, 1.807) is 6.08 Å². The highest BCUT2D eigenvalue weighted by Gasteiger charge is 2.27. The van der Waals surface area contributed by atoms with Gasteiger partial charge in [0.25, 0.3) is 0 Å². The first-order valence-electron chi connectivity index (χ1n) is 31.3. The van der Waals surface area contributed by atoms with Crippen molar-refractivity contribution in [1.82, 2.24) is 5.32 Å². The van der Waals surface area contributed by atoms with Crippen molar-refractivity contribution in [2.24, 2.45) is 0 Å². The summed E-state index contributed by atoms with van der Waals surface area (Å²) in [5.74, 6) is -0.195. The lowest BCUT2D eigenvalue weighted by Gasteiger charge is -2.25. The number of aliphatic hydroxyl groups is 1. The number of phosphoric acid groups is 1. The summed E-state index contributed by atoms with van der Waals surface area (Å²) in [6.45, 7) is 4.71. The predicted molar refractivity (Wildman–Crippen MR) is 323 cm³/mol. The van der Waals surface area contributed by atoms with E-state index in [1.807, 2.05) is 27.2 Å². The van der Waals surface area contributed by atoms with Crippen LogP contribution in [-0.4, -0.2) is 73.4 Å². The normalized spacial score (nSPS) is 14.3. The number of hydrogen-bond acceptors (Lipinski definition) is 5. The number of nitrogens with one attached hydrogen (secondary N) is 1. The van der Waals surface area contributed by atoms with Gasteiger partial charge in [-0.1, -0.05) is 286 Å². The first-order valence-corrected chi connectivity index (χ1v) is 32.8. The van der Waals surface area contributed by atoms with Crippen molar-refractivity contribution in [3.8, 4) is 0 Å². The third-order valence-corrected chi connectivity index (χ3v) is 14.9. The van der Waals surface area contributed by atoms with Crippen LogP contribution in [0.25, 0.3) is 0 Å².